The topological polar surface area (TPSA) is 291 Å². The third kappa shape index (κ3) is 11.9. The lowest BCUT2D eigenvalue weighted by atomic mass is 10.1. The predicted molar refractivity (Wildman–Crippen MR) is 124 cm³/mol. The van der Waals surface area contributed by atoms with Crippen LogP contribution in [0.3, 0.4) is 0 Å². The number of rotatable bonds is 18. The van der Waals surface area contributed by atoms with E-state index in [4.69, 9.17) is 21.1 Å². The maximum Gasteiger partial charge on any atom is 0.326 e. The van der Waals surface area contributed by atoms with E-state index >= 15 is 0 Å². The van der Waals surface area contributed by atoms with Crippen LogP contribution in [0.2, 0.25) is 0 Å². The number of carboxylic acids is 4. The van der Waals surface area contributed by atoms with Gasteiger partial charge in [0.1, 0.15) is 18.1 Å². The molecule has 17 nitrogen and oxygen atoms in total. The second-order valence-electron chi connectivity index (χ2n) is 8.21. The standard InChI is InChI=1S/C21H30N6O11/c22-11(1-4-15(28)29)18(34)25-12(2-5-16(30)31)19(35)26-13(3-6-17(32)33)20(36)27-14(21(37)38)7-10-8-23-9-24-10/h8-9,11-14H,1-7,22H2,(H,23,24)(H,25,34)(H,26,35)(H,27,36)(H,28,29)(H,30,31)(H,32,33)(H,37,38). The minimum absolute atomic E-state index is 0.202. The fraction of sp³-hybridized carbons (Fsp3) is 0.524. The van der Waals surface area contributed by atoms with Crippen LogP contribution in [0.25, 0.3) is 0 Å². The molecule has 3 amide bonds. The molecular formula is C21H30N6O11. The second kappa shape index (κ2) is 15.5. The lowest BCUT2D eigenvalue weighted by Gasteiger charge is -2.24. The molecular weight excluding hydrogens is 512 g/mol. The zero-order valence-corrected chi connectivity index (χ0v) is 20.1. The summed E-state index contributed by atoms with van der Waals surface area (Å²) >= 11 is 0. The van der Waals surface area contributed by atoms with Gasteiger partial charge in [-0.3, -0.25) is 28.8 Å². The van der Waals surface area contributed by atoms with Crippen LogP contribution in [0.1, 0.15) is 44.2 Å². The Hall–Kier alpha value is -4.54. The van der Waals surface area contributed by atoms with Gasteiger partial charge in [0.05, 0.1) is 12.4 Å². The second-order valence-corrected chi connectivity index (χ2v) is 8.21. The van der Waals surface area contributed by atoms with Gasteiger partial charge in [-0.1, -0.05) is 0 Å². The number of nitrogens with zero attached hydrogens (tertiary/aromatic N) is 1. The Balaban J connectivity index is 3.02. The molecule has 0 bridgehead atoms. The van der Waals surface area contributed by atoms with Gasteiger partial charge in [-0.15, -0.1) is 0 Å². The van der Waals surface area contributed by atoms with Gasteiger partial charge in [-0.25, -0.2) is 9.78 Å². The Kier molecular flexibility index (Phi) is 12.9. The molecule has 0 aromatic carbocycles. The first-order chi connectivity index (χ1) is 17.8. The molecule has 4 unspecified atom stereocenters. The Bertz CT molecular complexity index is 1010. The average molecular weight is 543 g/mol. The van der Waals surface area contributed by atoms with Gasteiger partial charge < -0.3 is 47.1 Å². The lowest BCUT2D eigenvalue weighted by molar-refractivity contribution is -0.143. The molecule has 1 heterocycles. The van der Waals surface area contributed by atoms with Crippen molar-refractivity contribution < 1.29 is 54.0 Å². The number of imidazole rings is 1. The van der Waals surface area contributed by atoms with Crippen molar-refractivity contribution in [2.24, 2.45) is 5.73 Å². The fourth-order valence-corrected chi connectivity index (χ4v) is 3.12. The van der Waals surface area contributed by atoms with Crippen LogP contribution in [0, 0.1) is 0 Å². The average Bonchev–Trinajstić information content (AvgIpc) is 3.34. The van der Waals surface area contributed by atoms with E-state index in [0.717, 1.165) is 0 Å². The number of hydrogen-bond donors (Lipinski definition) is 9. The molecule has 4 atom stereocenters. The molecule has 1 aromatic rings. The number of aliphatic carboxylic acids is 4. The SMILES string of the molecule is NC(CCC(=O)O)C(=O)NC(CCC(=O)O)C(=O)NC(CCC(=O)O)C(=O)NC(Cc1cnc[nH]1)C(=O)O. The minimum Gasteiger partial charge on any atom is -0.481 e. The smallest absolute Gasteiger partial charge is 0.326 e. The maximum absolute atomic E-state index is 12.9. The first-order valence-corrected chi connectivity index (χ1v) is 11.3. The first-order valence-electron chi connectivity index (χ1n) is 11.3. The molecule has 10 N–H and O–H groups in total. The molecule has 210 valence electrons. The summed E-state index contributed by atoms with van der Waals surface area (Å²) in [7, 11) is 0. The van der Waals surface area contributed by atoms with Crippen LogP contribution in [0.5, 0.6) is 0 Å². The highest BCUT2D eigenvalue weighted by molar-refractivity contribution is 5.94. The Morgan fingerprint density at radius 1 is 0.737 bits per heavy atom. The molecule has 0 fully saturated rings. The van der Waals surface area contributed by atoms with Crippen molar-refractivity contribution in [3.8, 4) is 0 Å². The molecule has 0 aliphatic rings. The van der Waals surface area contributed by atoms with Crippen LogP contribution in [0.4, 0.5) is 0 Å². The van der Waals surface area contributed by atoms with E-state index in [2.05, 4.69) is 25.9 Å². The van der Waals surface area contributed by atoms with Crippen LogP contribution in [-0.2, 0) is 40.0 Å². The highest BCUT2D eigenvalue weighted by Crippen LogP contribution is 2.06. The summed E-state index contributed by atoms with van der Waals surface area (Å²) in [4.78, 5) is 88.9. The van der Waals surface area contributed by atoms with Crippen LogP contribution in [0.15, 0.2) is 12.5 Å². The molecule has 0 aliphatic heterocycles. The maximum atomic E-state index is 12.9. The van der Waals surface area contributed by atoms with Gasteiger partial charge in [0.2, 0.25) is 17.7 Å². The molecule has 38 heavy (non-hydrogen) atoms. The highest BCUT2D eigenvalue weighted by Gasteiger charge is 2.31. The van der Waals surface area contributed by atoms with Gasteiger partial charge in [0.25, 0.3) is 0 Å². The summed E-state index contributed by atoms with van der Waals surface area (Å²) in [5.41, 5.74) is 6.00. The van der Waals surface area contributed by atoms with Crippen molar-refractivity contribution in [3.63, 3.8) is 0 Å². The minimum atomic E-state index is -1.56. The molecule has 0 radical (unpaired) electrons. The highest BCUT2D eigenvalue weighted by atomic mass is 16.4. The number of amides is 3. The number of hydrogen-bond acceptors (Lipinski definition) is 9. The van der Waals surface area contributed by atoms with Gasteiger partial charge in [-0.05, 0) is 19.3 Å². The van der Waals surface area contributed by atoms with Crippen molar-refractivity contribution in [2.75, 3.05) is 0 Å². The monoisotopic (exact) mass is 542 g/mol. The fourth-order valence-electron chi connectivity index (χ4n) is 3.12. The van der Waals surface area contributed by atoms with E-state index in [9.17, 15) is 38.7 Å². The van der Waals surface area contributed by atoms with Crippen molar-refractivity contribution in [1.82, 2.24) is 25.9 Å². The van der Waals surface area contributed by atoms with E-state index in [0.29, 0.717) is 5.69 Å². The van der Waals surface area contributed by atoms with Crippen LogP contribution >= 0.6 is 0 Å². The van der Waals surface area contributed by atoms with Crippen molar-refractivity contribution in [1.29, 1.82) is 0 Å². The molecule has 1 rings (SSSR count). The Labute approximate surface area is 215 Å². The summed E-state index contributed by atoms with van der Waals surface area (Å²) < 4.78 is 0. The Morgan fingerprint density at radius 2 is 1.18 bits per heavy atom. The third-order valence-electron chi connectivity index (χ3n) is 5.16. The number of H-pyrrole nitrogens is 1. The zero-order chi connectivity index (χ0) is 28.8. The van der Waals surface area contributed by atoms with Gasteiger partial charge in [0.15, 0.2) is 0 Å². The number of carbonyl (C=O) groups is 7. The van der Waals surface area contributed by atoms with E-state index in [1.54, 1.807) is 0 Å². The third-order valence-corrected chi connectivity index (χ3v) is 5.16. The Morgan fingerprint density at radius 3 is 1.61 bits per heavy atom. The number of carboxylic acid groups (broad SMARTS) is 4. The first kappa shape index (κ1) is 31.5. The van der Waals surface area contributed by atoms with Crippen molar-refractivity contribution in [2.45, 2.75) is 69.1 Å². The largest absolute Gasteiger partial charge is 0.481 e. The summed E-state index contributed by atoms with van der Waals surface area (Å²) in [5.74, 6) is -8.30. The summed E-state index contributed by atoms with van der Waals surface area (Å²) in [6.45, 7) is 0. The number of aromatic nitrogens is 2. The normalized spacial score (nSPS) is 13.8. The number of nitrogens with one attached hydrogen (secondary N) is 4. The molecule has 0 saturated carbocycles. The number of nitrogens with two attached hydrogens (primary N) is 1. The van der Waals surface area contributed by atoms with Crippen molar-refractivity contribution in [3.05, 3.63) is 18.2 Å². The summed E-state index contributed by atoms with van der Waals surface area (Å²) in [5, 5.41) is 42.8. The molecule has 1 aromatic heterocycles. The van der Waals surface area contributed by atoms with E-state index < -0.39 is 97.9 Å². The van der Waals surface area contributed by atoms with Gasteiger partial charge in [-0.2, -0.15) is 0 Å². The molecule has 17 heteroatoms. The van der Waals surface area contributed by atoms with E-state index in [1.165, 1.54) is 12.5 Å². The van der Waals surface area contributed by atoms with E-state index in [1.807, 2.05) is 0 Å². The number of aromatic amines is 1. The molecule has 0 spiro atoms. The number of carbonyl (C=O) groups excluding carboxylic acids is 3. The predicted octanol–water partition coefficient (Wildman–Crippen LogP) is -2.59. The quantitative estimate of drug-likeness (QED) is 0.0921. The molecule has 0 aliphatic carbocycles. The lowest BCUT2D eigenvalue weighted by Crippen LogP contribution is -2.57. The van der Waals surface area contributed by atoms with Crippen LogP contribution < -0.4 is 21.7 Å². The van der Waals surface area contributed by atoms with Crippen molar-refractivity contribution >= 4 is 41.6 Å². The molecule has 0 saturated heterocycles. The van der Waals surface area contributed by atoms with Gasteiger partial charge >= 0.3 is 23.9 Å². The summed E-state index contributed by atoms with van der Waals surface area (Å²) in [6, 6.07) is -5.90. The van der Waals surface area contributed by atoms with Gasteiger partial charge in [0, 0.05) is 37.6 Å². The van der Waals surface area contributed by atoms with Crippen LogP contribution in [-0.4, -0.2) is 96.2 Å². The summed E-state index contributed by atoms with van der Waals surface area (Å²) in [6.07, 6.45) is -0.362. The van der Waals surface area contributed by atoms with E-state index in [-0.39, 0.29) is 12.8 Å². The zero-order valence-electron chi connectivity index (χ0n) is 20.1.